The van der Waals surface area contributed by atoms with Crippen molar-refractivity contribution in [2.45, 2.75) is 64.3 Å². The third-order valence-corrected chi connectivity index (χ3v) is 7.59. The molecule has 1 aliphatic heterocycles. The van der Waals surface area contributed by atoms with Crippen molar-refractivity contribution >= 4 is 34.6 Å². The third-order valence-electron chi connectivity index (χ3n) is 6.71. The fourth-order valence-electron chi connectivity index (χ4n) is 4.79. The van der Waals surface area contributed by atoms with Crippen LogP contribution < -0.4 is 10.6 Å². The van der Waals surface area contributed by atoms with Crippen LogP contribution in [0.4, 0.5) is 0 Å². The quantitative estimate of drug-likeness (QED) is 0.318. The van der Waals surface area contributed by atoms with Crippen LogP contribution in [0.25, 0.3) is 0 Å². The van der Waals surface area contributed by atoms with Gasteiger partial charge in [-0.15, -0.1) is 11.3 Å². The first-order valence-corrected chi connectivity index (χ1v) is 14.2. The predicted molar refractivity (Wildman–Crippen MR) is 153 cm³/mol. The molecule has 2 amide bonds. The number of nitrogens with one attached hydrogen (secondary N) is 2. The number of hydrogen-bond donors (Lipinski definition) is 2. The van der Waals surface area contributed by atoms with E-state index in [0.717, 1.165) is 53.1 Å². The number of carbonyl (C=O) groups is 3. The van der Waals surface area contributed by atoms with Gasteiger partial charge in [0, 0.05) is 23.4 Å². The van der Waals surface area contributed by atoms with E-state index in [4.69, 9.17) is 4.99 Å². The summed E-state index contributed by atoms with van der Waals surface area (Å²) in [7, 11) is 0. The first-order valence-electron chi connectivity index (χ1n) is 13.3. The van der Waals surface area contributed by atoms with Crippen molar-refractivity contribution in [1.82, 2.24) is 10.6 Å². The molecule has 6 nitrogen and oxygen atoms in total. The van der Waals surface area contributed by atoms with Crippen LogP contribution in [0.1, 0.15) is 62.3 Å². The van der Waals surface area contributed by atoms with Gasteiger partial charge in [0.1, 0.15) is 11.8 Å². The van der Waals surface area contributed by atoms with Crippen molar-refractivity contribution in [1.29, 1.82) is 0 Å². The average Bonchev–Trinajstić information content (AvgIpc) is 3.56. The van der Waals surface area contributed by atoms with Crippen LogP contribution in [0.3, 0.4) is 0 Å². The van der Waals surface area contributed by atoms with Crippen LogP contribution in [0.15, 0.2) is 87.9 Å². The van der Waals surface area contributed by atoms with Crippen molar-refractivity contribution in [3.63, 3.8) is 0 Å². The van der Waals surface area contributed by atoms with Crippen LogP contribution in [0.5, 0.6) is 0 Å². The smallest absolute Gasteiger partial charge is 0.242 e. The second kappa shape index (κ2) is 13.8. The zero-order valence-corrected chi connectivity index (χ0v) is 22.7. The Balaban J connectivity index is 1.37. The Bertz CT molecular complexity index is 1260. The number of fused-ring (bicyclic) bond motifs is 1. The molecule has 2 heterocycles. The van der Waals surface area contributed by atoms with Gasteiger partial charge < -0.3 is 15.4 Å². The molecule has 2 N–H and O–H groups in total. The highest BCUT2D eigenvalue weighted by Crippen LogP contribution is 2.34. The lowest BCUT2D eigenvalue weighted by Crippen LogP contribution is -2.47. The third kappa shape index (κ3) is 7.71. The van der Waals surface area contributed by atoms with Gasteiger partial charge in [0.25, 0.3) is 0 Å². The molecule has 1 aliphatic carbocycles. The number of carbonyl (C=O) groups excluding carboxylic acids is 3. The van der Waals surface area contributed by atoms with E-state index in [1.54, 1.807) is 6.92 Å². The maximum Gasteiger partial charge on any atom is 0.242 e. The standard InChI is InChI=1S/C31H35N3O3S/c1-22(35)11-4-2-7-17-28(33-29(36)21-24-14-10-20-38-24)31(37)32-19-18-26-25-15-8-9-16-27(25)34-30(26)23-12-5-3-6-13-23/h3,5-6,8-10,12-14,16,20,28H,2,4,7,11,15,17-19,21H2,1H3,(H,32,37)(H,33,36)/t28-/m0/s1. The number of allylic oxidation sites excluding steroid dienone is 4. The first kappa shape index (κ1) is 27.5. The SMILES string of the molecule is CC(=O)CCCCC[C@H](NC(=O)Cc1cccs1)C(=O)NCCC1=C2CC=CC=C2N=C1c1ccccc1. The number of amides is 2. The minimum absolute atomic E-state index is 0.153. The van der Waals surface area contributed by atoms with Crippen LogP contribution in [0, 0.1) is 0 Å². The molecular weight excluding hydrogens is 494 g/mol. The molecule has 1 aromatic carbocycles. The molecule has 0 saturated heterocycles. The van der Waals surface area contributed by atoms with Crippen molar-refractivity contribution in [3.05, 3.63) is 93.4 Å². The molecule has 7 heteroatoms. The fraction of sp³-hybridized carbons (Fsp3) is 0.355. The Morgan fingerprint density at radius 1 is 1.05 bits per heavy atom. The normalized spacial score (nSPS) is 15.0. The van der Waals surface area contributed by atoms with Crippen LogP contribution >= 0.6 is 11.3 Å². The van der Waals surface area contributed by atoms with Gasteiger partial charge in [-0.05, 0) is 61.3 Å². The molecule has 0 saturated carbocycles. The van der Waals surface area contributed by atoms with Gasteiger partial charge in [-0.2, -0.15) is 0 Å². The minimum atomic E-state index is -0.601. The van der Waals surface area contributed by atoms with Crippen LogP contribution in [-0.2, 0) is 20.8 Å². The van der Waals surface area contributed by atoms with Crippen LogP contribution in [0.2, 0.25) is 0 Å². The Labute approximate surface area is 228 Å². The first-order chi connectivity index (χ1) is 18.5. The van der Waals surface area contributed by atoms with Gasteiger partial charge in [-0.1, -0.05) is 61.4 Å². The number of rotatable bonds is 14. The highest BCUT2D eigenvalue weighted by molar-refractivity contribution is 7.10. The Morgan fingerprint density at radius 2 is 1.89 bits per heavy atom. The molecule has 0 spiro atoms. The van der Waals surface area contributed by atoms with E-state index < -0.39 is 6.04 Å². The van der Waals surface area contributed by atoms with Crippen molar-refractivity contribution in [2.75, 3.05) is 6.54 Å². The molecule has 4 rings (SSSR count). The summed E-state index contributed by atoms with van der Waals surface area (Å²) in [4.78, 5) is 43.0. The highest BCUT2D eigenvalue weighted by Gasteiger charge is 2.26. The summed E-state index contributed by atoms with van der Waals surface area (Å²) in [6.45, 7) is 2.06. The number of unbranched alkanes of at least 4 members (excludes halogenated alkanes) is 2. The maximum atomic E-state index is 13.2. The molecule has 1 aromatic heterocycles. The number of aliphatic imine (C=N–C) groups is 1. The molecule has 2 aromatic rings. The van der Waals surface area contributed by atoms with E-state index >= 15 is 0 Å². The van der Waals surface area contributed by atoms with E-state index in [-0.39, 0.29) is 24.0 Å². The summed E-state index contributed by atoms with van der Waals surface area (Å²) in [5.41, 5.74) is 5.41. The van der Waals surface area contributed by atoms with E-state index in [1.807, 2.05) is 47.9 Å². The van der Waals surface area contributed by atoms with Gasteiger partial charge in [-0.3, -0.25) is 9.59 Å². The minimum Gasteiger partial charge on any atom is -0.354 e. The average molecular weight is 530 g/mol. The molecule has 0 unspecified atom stereocenters. The van der Waals surface area contributed by atoms with Gasteiger partial charge in [0.15, 0.2) is 0 Å². The Kier molecular flexibility index (Phi) is 9.98. The summed E-state index contributed by atoms with van der Waals surface area (Å²) in [5.74, 6) is -0.146. The van der Waals surface area contributed by atoms with Gasteiger partial charge in [0.05, 0.1) is 17.8 Å². The highest BCUT2D eigenvalue weighted by atomic mass is 32.1. The molecule has 198 valence electrons. The lowest BCUT2D eigenvalue weighted by molar-refractivity contribution is -0.128. The van der Waals surface area contributed by atoms with Crippen LogP contribution in [-0.4, -0.2) is 35.9 Å². The number of benzene rings is 1. The van der Waals surface area contributed by atoms with Crippen molar-refractivity contribution in [2.24, 2.45) is 4.99 Å². The molecule has 0 radical (unpaired) electrons. The van der Waals surface area contributed by atoms with Gasteiger partial charge in [0.2, 0.25) is 11.8 Å². The second-order valence-electron chi connectivity index (χ2n) is 9.69. The molecule has 1 atom stereocenters. The number of hydrogen-bond acceptors (Lipinski definition) is 5. The molecule has 0 fully saturated rings. The lowest BCUT2D eigenvalue weighted by atomic mass is 9.93. The number of ketones is 1. The van der Waals surface area contributed by atoms with E-state index in [2.05, 4.69) is 28.8 Å². The van der Waals surface area contributed by atoms with Crippen molar-refractivity contribution in [3.8, 4) is 0 Å². The predicted octanol–water partition coefficient (Wildman–Crippen LogP) is 5.46. The maximum absolute atomic E-state index is 13.2. The summed E-state index contributed by atoms with van der Waals surface area (Å²) in [6.07, 6.45) is 11.5. The topological polar surface area (TPSA) is 87.6 Å². The number of Topliss-reactive ketones (excluding diaryl/α,β-unsaturated/α-hetero) is 1. The number of thiophene rings is 1. The van der Waals surface area contributed by atoms with E-state index in [1.165, 1.54) is 16.9 Å². The van der Waals surface area contributed by atoms with Gasteiger partial charge >= 0.3 is 0 Å². The van der Waals surface area contributed by atoms with E-state index in [0.29, 0.717) is 25.8 Å². The summed E-state index contributed by atoms with van der Waals surface area (Å²) < 4.78 is 0. The molecule has 0 bridgehead atoms. The Morgan fingerprint density at radius 3 is 2.66 bits per heavy atom. The number of nitrogens with zero attached hydrogens (tertiary/aromatic N) is 1. The van der Waals surface area contributed by atoms with Gasteiger partial charge in [-0.25, -0.2) is 4.99 Å². The van der Waals surface area contributed by atoms with E-state index in [9.17, 15) is 14.4 Å². The van der Waals surface area contributed by atoms with Crippen molar-refractivity contribution < 1.29 is 14.4 Å². The summed E-state index contributed by atoms with van der Waals surface area (Å²) in [6, 6.07) is 13.4. The zero-order chi connectivity index (χ0) is 26.7. The lowest BCUT2D eigenvalue weighted by Gasteiger charge is -2.19. The molecular formula is C31H35N3O3S. The molecule has 2 aliphatic rings. The monoisotopic (exact) mass is 529 g/mol. The summed E-state index contributed by atoms with van der Waals surface area (Å²) >= 11 is 1.53. The molecule has 38 heavy (non-hydrogen) atoms. The second-order valence-corrected chi connectivity index (χ2v) is 10.7. The summed E-state index contributed by atoms with van der Waals surface area (Å²) in [5, 5.41) is 7.96. The largest absolute Gasteiger partial charge is 0.354 e. The zero-order valence-electron chi connectivity index (χ0n) is 21.9. The fourth-order valence-corrected chi connectivity index (χ4v) is 5.49. The Hall–Kier alpha value is -3.58.